The van der Waals surface area contributed by atoms with Gasteiger partial charge in [-0.3, -0.25) is 9.59 Å². The first-order chi connectivity index (χ1) is 14.9. The predicted octanol–water partition coefficient (Wildman–Crippen LogP) is 4.29. The molecule has 0 radical (unpaired) electrons. The summed E-state index contributed by atoms with van der Waals surface area (Å²) in [6.45, 7) is 4.04. The second-order valence-corrected chi connectivity index (χ2v) is 8.37. The van der Waals surface area contributed by atoms with Crippen molar-refractivity contribution in [3.63, 3.8) is 0 Å². The number of fused-ring (bicyclic) bond motifs is 2. The molecule has 4 aromatic rings. The molecule has 0 saturated carbocycles. The Hall–Kier alpha value is -3.26. The molecule has 0 N–H and O–H groups in total. The molecule has 0 aliphatic rings. The van der Waals surface area contributed by atoms with Gasteiger partial charge >= 0.3 is 5.97 Å². The summed E-state index contributed by atoms with van der Waals surface area (Å²) in [6.07, 6.45) is 3.46. The molecule has 0 amide bonds. The maximum atomic E-state index is 13.2. The van der Waals surface area contributed by atoms with E-state index in [-0.39, 0.29) is 24.0 Å². The molecule has 2 aromatic carbocycles. The summed E-state index contributed by atoms with van der Waals surface area (Å²) in [7, 11) is 1.36. The minimum absolute atomic E-state index is 0.00133. The van der Waals surface area contributed by atoms with E-state index in [1.807, 2.05) is 61.0 Å². The van der Waals surface area contributed by atoms with Crippen molar-refractivity contribution in [1.82, 2.24) is 14.2 Å². The summed E-state index contributed by atoms with van der Waals surface area (Å²) >= 11 is 3.41. The van der Waals surface area contributed by atoms with Crippen molar-refractivity contribution in [1.29, 1.82) is 0 Å². The standard InChI is InChI=1S/C23H21BrN4O3/c1-14(2)22-26-19-9-8-16(24)10-18(19)23(30)28(22)25-11-15-12-27(13-21(29)31-3)20-7-5-4-6-17(15)20/h4-12,14H,13H2,1-3H3. The van der Waals surface area contributed by atoms with Crippen LogP contribution in [0.15, 0.2) is 63.0 Å². The van der Waals surface area contributed by atoms with Crippen LogP contribution in [0.3, 0.4) is 0 Å². The average molecular weight is 481 g/mol. The Bertz CT molecular complexity index is 1390. The lowest BCUT2D eigenvalue weighted by Crippen LogP contribution is -2.23. The number of aromatic nitrogens is 3. The molecule has 4 rings (SSSR count). The first-order valence-electron chi connectivity index (χ1n) is 9.80. The summed E-state index contributed by atoms with van der Waals surface area (Å²) in [4.78, 5) is 29.7. The minimum atomic E-state index is -0.341. The van der Waals surface area contributed by atoms with Gasteiger partial charge in [0, 0.05) is 33.1 Å². The molecule has 0 aliphatic carbocycles. The van der Waals surface area contributed by atoms with E-state index in [0.717, 1.165) is 20.9 Å². The number of rotatable bonds is 5. The van der Waals surface area contributed by atoms with Crippen LogP contribution in [0.5, 0.6) is 0 Å². The van der Waals surface area contributed by atoms with E-state index >= 15 is 0 Å². The van der Waals surface area contributed by atoms with Gasteiger partial charge in [0.1, 0.15) is 12.4 Å². The van der Waals surface area contributed by atoms with Gasteiger partial charge in [-0.1, -0.05) is 48.0 Å². The summed E-state index contributed by atoms with van der Waals surface area (Å²) in [6, 6.07) is 13.1. The van der Waals surface area contributed by atoms with Gasteiger partial charge in [-0.25, -0.2) is 4.98 Å². The summed E-state index contributed by atoms with van der Waals surface area (Å²) < 4.78 is 8.77. The van der Waals surface area contributed by atoms with Crippen molar-refractivity contribution in [2.45, 2.75) is 26.3 Å². The molecule has 0 unspecified atom stereocenters. The van der Waals surface area contributed by atoms with Crippen LogP contribution in [0.4, 0.5) is 0 Å². The Labute approximate surface area is 187 Å². The predicted molar refractivity (Wildman–Crippen MR) is 125 cm³/mol. The minimum Gasteiger partial charge on any atom is -0.468 e. The molecule has 2 heterocycles. The van der Waals surface area contributed by atoms with Crippen molar-refractivity contribution >= 4 is 49.9 Å². The van der Waals surface area contributed by atoms with Gasteiger partial charge < -0.3 is 9.30 Å². The van der Waals surface area contributed by atoms with Crippen molar-refractivity contribution in [2.75, 3.05) is 7.11 Å². The van der Waals surface area contributed by atoms with Crippen molar-refractivity contribution in [2.24, 2.45) is 5.10 Å². The van der Waals surface area contributed by atoms with Gasteiger partial charge in [-0.05, 0) is 24.3 Å². The highest BCUT2D eigenvalue weighted by atomic mass is 79.9. The van der Waals surface area contributed by atoms with E-state index in [2.05, 4.69) is 26.0 Å². The number of hydrogen-bond donors (Lipinski definition) is 0. The molecule has 0 aliphatic heterocycles. The molecule has 0 fully saturated rings. The van der Waals surface area contributed by atoms with Crippen LogP contribution in [-0.2, 0) is 16.1 Å². The maximum absolute atomic E-state index is 13.2. The van der Waals surface area contributed by atoms with Gasteiger partial charge in [-0.15, -0.1) is 0 Å². The van der Waals surface area contributed by atoms with E-state index < -0.39 is 0 Å². The molecular formula is C23H21BrN4O3. The number of benzene rings is 2. The largest absolute Gasteiger partial charge is 0.468 e. The number of halogens is 1. The SMILES string of the molecule is COC(=O)Cn1cc(C=Nn2c(C(C)C)nc3ccc(Br)cc3c2=O)c2ccccc21. The lowest BCUT2D eigenvalue weighted by atomic mass is 10.2. The zero-order valence-electron chi connectivity index (χ0n) is 17.4. The fourth-order valence-corrected chi connectivity index (χ4v) is 3.84. The quantitative estimate of drug-likeness (QED) is 0.315. The molecular weight excluding hydrogens is 460 g/mol. The molecule has 0 spiro atoms. The molecule has 2 aromatic heterocycles. The van der Waals surface area contributed by atoms with Crippen molar-refractivity contribution < 1.29 is 9.53 Å². The highest BCUT2D eigenvalue weighted by Gasteiger charge is 2.15. The van der Waals surface area contributed by atoms with Crippen LogP contribution in [0.1, 0.15) is 31.2 Å². The number of nitrogens with zero attached hydrogens (tertiary/aromatic N) is 4. The molecule has 158 valence electrons. The second-order valence-electron chi connectivity index (χ2n) is 7.45. The van der Waals surface area contributed by atoms with Gasteiger partial charge in [0.05, 0.1) is 24.2 Å². The zero-order chi connectivity index (χ0) is 22.1. The Morgan fingerprint density at radius 3 is 2.74 bits per heavy atom. The topological polar surface area (TPSA) is 78.5 Å². The highest BCUT2D eigenvalue weighted by molar-refractivity contribution is 9.10. The normalized spacial score (nSPS) is 11.8. The van der Waals surface area contributed by atoms with Crippen LogP contribution in [0.25, 0.3) is 21.8 Å². The number of carbonyl (C=O) groups excluding carboxylic acids is 1. The van der Waals surface area contributed by atoms with E-state index in [9.17, 15) is 9.59 Å². The molecule has 0 saturated heterocycles. The molecule has 8 heteroatoms. The van der Waals surface area contributed by atoms with Crippen LogP contribution < -0.4 is 5.56 Å². The monoisotopic (exact) mass is 480 g/mol. The van der Waals surface area contributed by atoms with Gasteiger partial charge in [0.2, 0.25) is 0 Å². The van der Waals surface area contributed by atoms with Gasteiger partial charge in [0.15, 0.2) is 0 Å². The number of ether oxygens (including phenoxy) is 1. The van der Waals surface area contributed by atoms with Gasteiger partial charge in [-0.2, -0.15) is 9.78 Å². The Morgan fingerprint density at radius 1 is 1.23 bits per heavy atom. The van der Waals surface area contributed by atoms with Crippen molar-refractivity contribution in [3.8, 4) is 0 Å². The summed E-state index contributed by atoms with van der Waals surface area (Å²) in [5.41, 5.74) is 2.07. The van der Waals surface area contributed by atoms with E-state index in [4.69, 9.17) is 4.74 Å². The lowest BCUT2D eigenvalue weighted by molar-refractivity contribution is -0.141. The Balaban J connectivity index is 1.86. The van der Waals surface area contributed by atoms with Crippen LogP contribution in [-0.4, -0.2) is 33.5 Å². The number of para-hydroxylation sites is 1. The smallest absolute Gasteiger partial charge is 0.325 e. The Morgan fingerprint density at radius 2 is 2.00 bits per heavy atom. The summed E-state index contributed by atoms with van der Waals surface area (Å²) in [5, 5.41) is 5.92. The molecule has 7 nitrogen and oxygen atoms in total. The number of carbonyl (C=O) groups is 1. The fourth-order valence-electron chi connectivity index (χ4n) is 3.48. The third-order valence-electron chi connectivity index (χ3n) is 5.01. The number of esters is 1. The second kappa shape index (κ2) is 8.47. The number of methoxy groups -OCH3 is 1. The zero-order valence-corrected chi connectivity index (χ0v) is 19.0. The van der Waals surface area contributed by atoms with E-state index in [0.29, 0.717) is 16.7 Å². The fraction of sp³-hybridized carbons (Fsp3) is 0.217. The molecule has 31 heavy (non-hydrogen) atoms. The first-order valence-corrected chi connectivity index (χ1v) is 10.6. The average Bonchev–Trinajstić information content (AvgIpc) is 3.10. The third-order valence-corrected chi connectivity index (χ3v) is 5.50. The lowest BCUT2D eigenvalue weighted by Gasteiger charge is -2.11. The van der Waals surface area contributed by atoms with Crippen LogP contribution >= 0.6 is 15.9 Å². The first kappa shape index (κ1) is 21.0. The van der Waals surface area contributed by atoms with Crippen LogP contribution in [0, 0.1) is 0 Å². The highest BCUT2D eigenvalue weighted by Crippen LogP contribution is 2.21. The summed E-state index contributed by atoms with van der Waals surface area (Å²) in [5.74, 6) is 0.236. The number of hydrogen-bond acceptors (Lipinski definition) is 5. The Kier molecular flexibility index (Phi) is 5.73. The molecule has 0 atom stereocenters. The third kappa shape index (κ3) is 4.03. The van der Waals surface area contributed by atoms with Crippen molar-refractivity contribution in [3.05, 3.63) is 74.9 Å². The van der Waals surface area contributed by atoms with E-state index in [1.165, 1.54) is 11.8 Å². The van der Waals surface area contributed by atoms with Crippen LogP contribution in [0.2, 0.25) is 0 Å². The van der Waals surface area contributed by atoms with Gasteiger partial charge in [0.25, 0.3) is 5.56 Å². The van der Waals surface area contributed by atoms with E-state index in [1.54, 1.807) is 12.3 Å². The maximum Gasteiger partial charge on any atom is 0.325 e. The molecule has 0 bridgehead atoms.